The first-order valence-corrected chi connectivity index (χ1v) is 9.61. The molecule has 0 aliphatic rings. The van der Waals surface area contributed by atoms with Crippen molar-refractivity contribution in [3.63, 3.8) is 0 Å². The van der Waals surface area contributed by atoms with Gasteiger partial charge in [0.05, 0.1) is 5.57 Å². The van der Waals surface area contributed by atoms with Crippen LogP contribution in [0, 0.1) is 5.92 Å². The van der Waals surface area contributed by atoms with Gasteiger partial charge in [-0.15, -0.1) is 0 Å². The molecule has 2 rings (SSSR count). The van der Waals surface area contributed by atoms with Crippen LogP contribution >= 0.6 is 0 Å². The standard InChI is InChI=1S/C24H28O4/c1-5-22(25)27-21(16-17(2)3)18(4)24(26)28-23(19-12-8-6-9-13-19)20-14-10-7-11-15-20/h6-15,17,21,23H,4-5,16H2,1-3H3/t21-/m0/s1. The third-order valence-corrected chi connectivity index (χ3v) is 4.33. The summed E-state index contributed by atoms with van der Waals surface area (Å²) < 4.78 is 11.3. The van der Waals surface area contributed by atoms with Gasteiger partial charge in [-0.1, -0.05) is 88.0 Å². The number of carbonyl (C=O) groups excluding carboxylic acids is 2. The van der Waals surface area contributed by atoms with Gasteiger partial charge in [-0.05, 0) is 23.5 Å². The second kappa shape index (κ2) is 10.5. The lowest BCUT2D eigenvalue weighted by Gasteiger charge is -2.24. The van der Waals surface area contributed by atoms with Crippen molar-refractivity contribution in [2.24, 2.45) is 5.92 Å². The highest BCUT2D eigenvalue weighted by molar-refractivity contribution is 5.89. The SMILES string of the molecule is C=C(C(=O)OC(c1ccccc1)c1ccccc1)[C@H](CC(C)C)OC(=O)CC. The topological polar surface area (TPSA) is 52.6 Å². The predicted octanol–water partition coefficient (Wildman–Crippen LogP) is 5.24. The molecular formula is C24H28O4. The van der Waals surface area contributed by atoms with E-state index in [2.05, 4.69) is 6.58 Å². The molecule has 0 saturated heterocycles. The lowest BCUT2D eigenvalue weighted by molar-refractivity contribution is -0.151. The molecule has 0 aromatic heterocycles. The van der Waals surface area contributed by atoms with Gasteiger partial charge in [-0.2, -0.15) is 0 Å². The largest absolute Gasteiger partial charge is 0.457 e. The third kappa shape index (κ3) is 6.08. The van der Waals surface area contributed by atoms with Crippen LogP contribution in [0.1, 0.15) is 50.8 Å². The zero-order valence-corrected chi connectivity index (χ0v) is 16.8. The van der Waals surface area contributed by atoms with Gasteiger partial charge in [-0.3, -0.25) is 4.79 Å². The summed E-state index contributed by atoms with van der Waals surface area (Å²) in [6.45, 7) is 9.61. The average Bonchev–Trinajstić information content (AvgIpc) is 2.71. The quantitative estimate of drug-likeness (QED) is 0.441. The van der Waals surface area contributed by atoms with Crippen molar-refractivity contribution in [3.05, 3.63) is 83.9 Å². The summed E-state index contributed by atoms with van der Waals surface area (Å²) in [4.78, 5) is 24.7. The van der Waals surface area contributed by atoms with Gasteiger partial charge in [0, 0.05) is 6.42 Å². The highest BCUT2D eigenvalue weighted by Gasteiger charge is 2.28. The second-order valence-electron chi connectivity index (χ2n) is 7.09. The first-order chi connectivity index (χ1) is 13.4. The third-order valence-electron chi connectivity index (χ3n) is 4.33. The first-order valence-electron chi connectivity index (χ1n) is 9.61. The Morgan fingerprint density at radius 2 is 1.39 bits per heavy atom. The zero-order chi connectivity index (χ0) is 20.5. The van der Waals surface area contributed by atoms with Crippen molar-refractivity contribution in [1.29, 1.82) is 0 Å². The summed E-state index contributed by atoms with van der Waals surface area (Å²) in [5.41, 5.74) is 1.88. The fraction of sp³-hybridized carbons (Fsp3) is 0.333. The Hall–Kier alpha value is -2.88. The van der Waals surface area contributed by atoms with Crippen LogP contribution in [0.4, 0.5) is 0 Å². The molecule has 28 heavy (non-hydrogen) atoms. The van der Waals surface area contributed by atoms with Crippen molar-refractivity contribution in [1.82, 2.24) is 0 Å². The number of esters is 2. The van der Waals surface area contributed by atoms with E-state index in [-0.39, 0.29) is 23.9 Å². The molecule has 0 radical (unpaired) electrons. The molecule has 4 heteroatoms. The summed E-state index contributed by atoms with van der Waals surface area (Å²) in [5, 5.41) is 0. The lowest BCUT2D eigenvalue weighted by atomic mass is 9.99. The Balaban J connectivity index is 2.23. The molecule has 4 nitrogen and oxygen atoms in total. The molecule has 0 fully saturated rings. The Labute approximate surface area is 167 Å². The molecule has 2 aromatic carbocycles. The monoisotopic (exact) mass is 380 g/mol. The smallest absolute Gasteiger partial charge is 0.338 e. The Morgan fingerprint density at radius 1 is 0.893 bits per heavy atom. The molecule has 0 bridgehead atoms. The summed E-state index contributed by atoms with van der Waals surface area (Å²) >= 11 is 0. The Bertz CT molecular complexity index is 741. The highest BCUT2D eigenvalue weighted by Crippen LogP contribution is 2.28. The normalized spacial score (nSPS) is 11.9. The lowest BCUT2D eigenvalue weighted by Crippen LogP contribution is -2.27. The van der Waals surface area contributed by atoms with Gasteiger partial charge in [0.15, 0.2) is 6.10 Å². The Morgan fingerprint density at radius 3 is 1.82 bits per heavy atom. The van der Waals surface area contributed by atoms with Gasteiger partial charge in [-0.25, -0.2) is 4.79 Å². The molecule has 0 spiro atoms. The zero-order valence-electron chi connectivity index (χ0n) is 16.8. The van der Waals surface area contributed by atoms with Crippen molar-refractivity contribution >= 4 is 11.9 Å². The van der Waals surface area contributed by atoms with E-state index in [0.717, 1.165) is 11.1 Å². The number of hydrogen-bond acceptors (Lipinski definition) is 4. The van der Waals surface area contributed by atoms with E-state index in [9.17, 15) is 9.59 Å². The van der Waals surface area contributed by atoms with Gasteiger partial charge in [0.1, 0.15) is 6.10 Å². The van der Waals surface area contributed by atoms with Crippen LogP contribution in [0.2, 0.25) is 0 Å². The van der Waals surface area contributed by atoms with Crippen molar-refractivity contribution < 1.29 is 19.1 Å². The van der Waals surface area contributed by atoms with Crippen LogP contribution in [0.3, 0.4) is 0 Å². The van der Waals surface area contributed by atoms with E-state index >= 15 is 0 Å². The molecule has 0 aliphatic heterocycles. The molecule has 0 saturated carbocycles. The van der Waals surface area contributed by atoms with Crippen molar-refractivity contribution in [3.8, 4) is 0 Å². The number of rotatable bonds is 9. The maximum Gasteiger partial charge on any atom is 0.338 e. The van der Waals surface area contributed by atoms with Gasteiger partial charge in [0.2, 0.25) is 0 Å². The minimum atomic E-state index is -0.688. The maximum atomic E-state index is 12.9. The number of hydrogen-bond donors (Lipinski definition) is 0. The van der Waals surface area contributed by atoms with Crippen molar-refractivity contribution in [2.45, 2.75) is 45.8 Å². The number of benzene rings is 2. The van der Waals surface area contributed by atoms with Crippen molar-refractivity contribution in [2.75, 3.05) is 0 Å². The van der Waals surface area contributed by atoms with E-state index in [1.54, 1.807) is 6.92 Å². The fourth-order valence-corrected chi connectivity index (χ4v) is 2.83. The van der Waals surface area contributed by atoms with Crippen LogP contribution in [0.25, 0.3) is 0 Å². The predicted molar refractivity (Wildman–Crippen MR) is 110 cm³/mol. The van der Waals surface area contributed by atoms with Crippen LogP contribution in [-0.2, 0) is 19.1 Å². The molecule has 0 amide bonds. The molecule has 2 aromatic rings. The summed E-state index contributed by atoms with van der Waals surface area (Å²) in [6.07, 6.45) is -0.491. The van der Waals surface area contributed by atoms with Crippen LogP contribution in [0.15, 0.2) is 72.8 Å². The molecule has 0 aliphatic carbocycles. The van der Waals surface area contributed by atoms with E-state index < -0.39 is 18.2 Å². The number of carbonyl (C=O) groups is 2. The summed E-state index contributed by atoms with van der Waals surface area (Å²) in [7, 11) is 0. The molecule has 0 N–H and O–H groups in total. The fourth-order valence-electron chi connectivity index (χ4n) is 2.83. The van der Waals surface area contributed by atoms with Gasteiger partial charge >= 0.3 is 11.9 Å². The minimum absolute atomic E-state index is 0.160. The maximum absolute atomic E-state index is 12.9. The molecule has 0 unspecified atom stereocenters. The molecular weight excluding hydrogens is 352 g/mol. The Kier molecular flexibility index (Phi) is 8.00. The molecule has 1 atom stereocenters. The van der Waals surface area contributed by atoms with Crippen LogP contribution in [-0.4, -0.2) is 18.0 Å². The first kappa shape index (κ1) is 21.4. The van der Waals surface area contributed by atoms with E-state index in [1.807, 2.05) is 74.5 Å². The summed E-state index contributed by atoms with van der Waals surface area (Å²) in [6, 6.07) is 19.1. The average molecular weight is 380 g/mol. The van der Waals surface area contributed by atoms with Gasteiger partial charge in [0.25, 0.3) is 0 Å². The van der Waals surface area contributed by atoms with Crippen LogP contribution < -0.4 is 0 Å². The van der Waals surface area contributed by atoms with E-state index in [0.29, 0.717) is 6.42 Å². The number of ether oxygens (including phenoxy) is 2. The molecule has 148 valence electrons. The van der Waals surface area contributed by atoms with Crippen LogP contribution in [0.5, 0.6) is 0 Å². The highest BCUT2D eigenvalue weighted by atomic mass is 16.6. The van der Waals surface area contributed by atoms with Gasteiger partial charge < -0.3 is 9.47 Å². The second-order valence-corrected chi connectivity index (χ2v) is 7.09. The minimum Gasteiger partial charge on any atom is -0.457 e. The molecule has 0 heterocycles. The van der Waals surface area contributed by atoms with E-state index in [4.69, 9.17) is 9.47 Å². The summed E-state index contributed by atoms with van der Waals surface area (Å²) in [5.74, 6) is -0.687. The van der Waals surface area contributed by atoms with E-state index in [1.165, 1.54) is 0 Å².